The van der Waals surface area contributed by atoms with E-state index in [-0.39, 0.29) is 0 Å². The maximum Gasteiger partial charge on any atom is 0.407 e. The smallest absolute Gasteiger partial charge is 0.407 e. The highest BCUT2D eigenvalue weighted by Gasteiger charge is 2.15. The van der Waals surface area contributed by atoms with E-state index < -0.39 is 11.7 Å². The van der Waals surface area contributed by atoms with Gasteiger partial charge in [-0.3, -0.25) is 4.68 Å². The lowest BCUT2D eigenvalue weighted by Crippen LogP contribution is -2.33. The Morgan fingerprint density at radius 2 is 2.04 bits per heavy atom. The zero-order valence-corrected chi connectivity index (χ0v) is 15.2. The van der Waals surface area contributed by atoms with Gasteiger partial charge in [-0.2, -0.15) is 5.10 Å². The lowest BCUT2D eigenvalue weighted by molar-refractivity contribution is 0.0526. The van der Waals surface area contributed by atoms with Crippen molar-refractivity contribution in [3.05, 3.63) is 30.6 Å². The quantitative estimate of drug-likeness (QED) is 0.619. The van der Waals surface area contributed by atoms with Gasteiger partial charge in [0.25, 0.3) is 0 Å². The number of nitrogens with one attached hydrogen (secondary N) is 1. The lowest BCUT2D eigenvalue weighted by atomic mass is 10.1. The van der Waals surface area contributed by atoms with Gasteiger partial charge < -0.3 is 20.5 Å². The van der Waals surface area contributed by atoms with Crippen molar-refractivity contribution >= 4 is 11.8 Å². The van der Waals surface area contributed by atoms with Crippen LogP contribution < -0.4 is 15.8 Å². The molecule has 3 N–H and O–H groups in total. The van der Waals surface area contributed by atoms with Gasteiger partial charge in [0.1, 0.15) is 11.4 Å². The predicted molar refractivity (Wildman–Crippen MR) is 97.5 cm³/mol. The second kappa shape index (κ2) is 7.92. The number of benzene rings is 1. The SMILES string of the molecule is COc1cc(N)cc(-c2cnn(CCCNC(=O)OC(C)(C)C)c2)c1. The maximum atomic E-state index is 11.6. The van der Waals surface area contributed by atoms with Gasteiger partial charge in [-0.1, -0.05) is 0 Å². The van der Waals surface area contributed by atoms with E-state index in [9.17, 15) is 4.79 Å². The summed E-state index contributed by atoms with van der Waals surface area (Å²) in [4.78, 5) is 11.6. The number of aromatic nitrogens is 2. The summed E-state index contributed by atoms with van der Waals surface area (Å²) in [5.74, 6) is 0.712. The molecule has 0 saturated heterocycles. The topological polar surface area (TPSA) is 91.4 Å². The molecule has 0 radical (unpaired) electrons. The number of anilines is 1. The van der Waals surface area contributed by atoms with E-state index in [0.717, 1.165) is 17.5 Å². The predicted octanol–water partition coefficient (Wildman–Crippen LogP) is 3.06. The number of hydrogen-bond acceptors (Lipinski definition) is 5. The molecule has 1 aromatic carbocycles. The van der Waals surface area contributed by atoms with Crippen molar-refractivity contribution in [3.8, 4) is 16.9 Å². The fraction of sp³-hybridized carbons (Fsp3) is 0.444. The molecule has 2 aromatic rings. The molecule has 1 heterocycles. The van der Waals surface area contributed by atoms with Gasteiger partial charge in [0.2, 0.25) is 0 Å². The van der Waals surface area contributed by atoms with Gasteiger partial charge >= 0.3 is 6.09 Å². The van der Waals surface area contributed by atoms with Crippen LogP contribution in [0.5, 0.6) is 5.75 Å². The molecule has 7 heteroatoms. The zero-order valence-electron chi connectivity index (χ0n) is 15.2. The van der Waals surface area contributed by atoms with Gasteiger partial charge in [0.05, 0.1) is 13.3 Å². The number of nitrogen functional groups attached to an aromatic ring is 1. The summed E-state index contributed by atoms with van der Waals surface area (Å²) >= 11 is 0. The number of hydrogen-bond donors (Lipinski definition) is 2. The van der Waals surface area contributed by atoms with Crippen LogP contribution in [0.2, 0.25) is 0 Å². The van der Waals surface area contributed by atoms with Crippen LogP contribution in [0.4, 0.5) is 10.5 Å². The van der Waals surface area contributed by atoms with Gasteiger partial charge in [-0.25, -0.2) is 4.79 Å². The zero-order chi connectivity index (χ0) is 18.4. The number of alkyl carbamates (subject to hydrolysis) is 1. The van der Waals surface area contributed by atoms with E-state index in [4.69, 9.17) is 15.2 Å². The summed E-state index contributed by atoms with van der Waals surface area (Å²) < 4.78 is 12.3. The highest BCUT2D eigenvalue weighted by molar-refractivity contribution is 5.68. The van der Waals surface area contributed by atoms with Crippen LogP contribution >= 0.6 is 0 Å². The van der Waals surface area contributed by atoms with E-state index in [1.807, 2.05) is 43.8 Å². The Morgan fingerprint density at radius 1 is 1.28 bits per heavy atom. The first-order valence-electron chi connectivity index (χ1n) is 8.21. The van der Waals surface area contributed by atoms with Crippen LogP contribution in [0, 0.1) is 0 Å². The number of aryl methyl sites for hydroxylation is 1. The van der Waals surface area contributed by atoms with Crippen molar-refractivity contribution in [1.82, 2.24) is 15.1 Å². The van der Waals surface area contributed by atoms with E-state index in [0.29, 0.717) is 24.5 Å². The number of carbonyl (C=O) groups excluding carboxylic acids is 1. The van der Waals surface area contributed by atoms with Crippen molar-refractivity contribution in [3.63, 3.8) is 0 Å². The number of methoxy groups -OCH3 is 1. The van der Waals surface area contributed by atoms with Crippen molar-refractivity contribution in [2.75, 3.05) is 19.4 Å². The molecule has 1 amide bonds. The van der Waals surface area contributed by atoms with Crippen molar-refractivity contribution in [2.45, 2.75) is 39.3 Å². The minimum Gasteiger partial charge on any atom is -0.497 e. The van der Waals surface area contributed by atoms with Crippen molar-refractivity contribution < 1.29 is 14.3 Å². The first-order chi connectivity index (χ1) is 11.8. The monoisotopic (exact) mass is 346 g/mol. The lowest BCUT2D eigenvalue weighted by Gasteiger charge is -2.19. The standard InChI is InChI=1S/C18H26N4O3/c1-18(2,3)25-17(23)20-6-5-7-22-12-14(11-21-22)13-8-15(19)10-16(9-13)24-4/h8-12H,5-7,19H2,1-4H3,(H,20,23). The molecule has 25 heavy (non-hydrogen) atoms. The average Bonchev–Trinajstić information content (AvgIpc) is 2.98. The normalized spacial score (nSPS) is 11.2. The molecule has 0 bridgehead atoms. The van der Waals surface area contributed by atoms with Crippen LogP contribution in [0.25, 0.3) is 11.1 Å². The van der Waals surface area contributed by atoms with Gasteiger partial charge in [-0.05, 0) is 44.9 Å². The van der Waals surface area contributed by atoms with Crippen LogP contribution in [-0.4, -0.2) is 35.1 Å². The highest BCUT2D eigenvalue weighted by atomic mass is 16.6. The summed E-state index contributed by atoms with van der Waals surface area (Å²) in [6.07, 6.45) is 4.08. The fourth-order valence-electron chi connectivity index (χ4n) is 2.29. The second-order valence-corrected chi connectivity index (χ2v) is 6.77. The molecule has 1 aromatic heterocycles. The van der Waals surface area contributed by atoms with E-state index in [1.54, 1.807) is 19.4 Å². The Balaban J connectivity index is 1.86. The van der Waals surface area contributed by atoms with Gasteiger partial charge in [-0.15, -0.1) is 0 Å². The Morgan fingerprint density at radius 3 is 2.72 bits per heavy atom. The summed E-state index contributed by atoms with van der Waals surface area (Å²) in [6, 6.07) is 5.58. The average molecular weight is 346 g/mol. The van der Waals surface area contributed by atoms with Crippen molar-refractivity contribution in [1.29, 1.82) is 0 Å². The molecule has 7 nitrogen and oxygen atoms in total. The Kier molecular flexibility index (Phi) is 5.90. The molecule has 0 unspecified atom stereocenters. The third kappa shape index (κ3) is 6.02. The van der Waals surface area contributed by atoms with E-state index in [1.165, 1.54) is 0 Å². The van der Waals surface area contributed by atoms with Gasteiger partial charge in [0.15, 0.2) is 0 Å². The number of amides is 1. The Hall–Kier alpha value is -2.70. The van der Waals surface area contributed by atoms with Gasteiger partial charge in [0, 0.05) is 36.6 Å². The summed E-state index contributed by atoms with van der Waals surface area (Å²) in [5, 5.41) is 7.08. The molecule has 0 aliphatic heterocycles. The Labute approximate surface area is 148 Å². The minimum atomic E-state index is -0.487. The van der Waals surface area contributed by atoms with E-state index in [2.05, 4.69) is 10.4 Å². The number of rotatable bonds is 6. The molecule has 0 aliphatic carbocycles. The van der Waals surface area contributed by atoms with Crippen LogP contribution in [0.3, 0.4) is 0 Å². The molecule has 2 rings (SSSR count). The van der Waals surface area contributed by atoms with E-state index >= 15 is 0 Å². The number of nitrogens with two attached hydrogens (primary N) is 1. The molecule has 0 fully saturated rings. The molecular weight excluding hydrogens is 320 g/mol. The molecule has 136 valence electrons. The molecule has 0 aliphatic rings. The minimum absolute atomic E-state index is 0.402. The first kappa shape index (κ1) is 18.6. The molecule has 0 spiro atoms. The van der Waals surface area contributed by atoms with Crippen LogP contribution in [0.15, 0.2) is 30.6 Å². The third-order valence-corrected chi connectivity index (χ3v) is 3.36. The molecular formula is C18H26N4O3. The number of ether oxygens (including phenoxy) is 2. The van der Waals surface area contributed by atoms with Crippen LogP contribution in [-0.2, 0) is 11.3 Å². The largest absolute Gasteiger partial charge is 0.497 e. The molecule has 0 saturated carbocycles. The highest BCUT2D eigenvalue weighted by Crippen LogP contribution is 2.26. The number of carbonyl (C=O) groups is 1. The molecule has 0 atom stereocenters. The summed E-state index contributed by atoms with van der Waals surface area (Å²) in [5.41, 5.74) is 7.96. The maximum absolute atomic E-state index is 11.6. The summed E-state index contributed by atoms with van der Waals surface area (Å²) in [7, 11) is 1.61. The number of nitrogens with zero attached hydrogens (tertiary/aromatic N) is 2. The summed E-state index contributed by atoms with van der Waals surface area (Å²) in [6.45, 7) is 6.72. The van der Waals surface area contributed by atoms with Crippen LogP contribution in [0.1, 0.15) is 27.2 Å². The fourth-order valence-corrected chi connectivity index (χ4v) is 2.29. The third-order valence-electron chi connectivity index (χ3n) is 3.36. The second-order valence-electron chi connectivity index (χ2n) is 6.77. The first-order valence-corrected chi connectivity index (χ1v) is 8.21. The van der Waals surface area contributed by atoms with Crippen molar-refractivity contribution in [2.24, 2.45) is 0 Å². The Bertz CT molecular complexity index is 719.